The quantitative estimate of drug-likeness (QED) is 0.638. The van der Waals surface area contributed by atoms with Gasteiger partial charge in [-0.05, 0) is 32.1 Å². The molecule has 4 nitrogen and oxygen atoms in total. The van der Waals surface area contributed by atoms with E-state index in [2.05, 4.69) is 0 Å². The Balaban J connectivity index is 2.13. The van der Waals surface area contributed by atoms with Crippen molar-refractivity contribution in [2.75, 3.05) is 6.54 Å². The van der Waals surface area contributed by atoms with E-state index in [1.807, 2.05) is 0 Å². The molecule has 2 N–H and O–H groups in total. The van der Waals surface area contributed by atoms with Crippen molar-refractivity contribution in [2.45, 2.75) is 37.8 Å². The van der Waals surface area contributed by atoms with Crippen LogP contribution in [-0.2, 0) is 0 Å². The lowest BCUT2D eigenvalue weighted by atomic mass is 9.90. The molecule has 2 rings (SSSR count). The molecule has 0 bridgehead atoms. The van der Waals surface area contributed by atoms with Gasteiger partial charge in [-0.15, -0.1) is 0 Å². The number of hydrogen-bond donors (Lipinski definition) is 2. The van der Waals surface area contributed by atoms with Gasteiger partial charge in [0.1, 0.15) is 0 Å². The van der Waals surface area contributed by atoms with Crippen molar-refractivity contribution in [3.05, 3.63) is 0 Å². The maximum absolute atomic E-state index is 10.8. The van der Waals surface area contributed by atoms with Crippen LogP contribution in [0.1, 0.15) is 26.2 Å². The molecule has 1 aliphatic carbocycles. The second-order valence-electron chi connectivity index (χ2n) is 4.17. The fourth-order valence-electron chi connectivity index (χ4n) is 2.36. The minimum atomic E-state index is -0.913. The summed E-state index contributed by atoms with van der Waals surface area (Å²) in [6.07, 6.45) is 1.79. The summed E-state index contributed by atoms with van der Waals surface area (Å²) in [6.45, 7) is 2.28. The molecule has 1 saturated heterocycles. The molecule has 0 unspecified atom stereocenters. The van der Waals surface area contributed by atoms with Gasteiger partial charge in [0.25, 0.3) is 0 Å². The Labute approximate surface area is 77.2 Å². The highest BCUT2D eigenvalue weighted by molar-refractivity contribution is 5.66. The SMILES string of the molecule is C[C@@H]1N(C(=O)O)CC[C@@]1(O)C1CC1. The summed E-state index contributed by atoms with van der Waals surface area (Å²) < 4.78 is 0. The molecule has 0 aromatic rings. The van der Waals surface area contributed by atoms with Gasteiger partial charge < -0.3 is 15.1 Å². The van der Waals surface area contributed by atoms with Crippen LogP contribution in [0.5, 0.6) is 0 Å². The van der Waals surface area contributed by atoms with Crippen LogP contribution in [0.25, 0.3) is 0 Å². The zero-order valence-electron chi connectivity index (χ0n) is 7.73. The van der Waals surface area contributed by atoms with Crippen molar-refractivity contribution in [3.63, 3.8) is 0 Å². The highest BCUT2D eigenvalue weighted by Crippen LogP contribution is 2.47. The number of likely N-dealkylation sites (tertiary alicyclic amines) is 1. The summed E-state index contributed by atoms with van der Waals surface area (Å²) in [7, 11) is 0. The second kappa shape index (κ2) is 2.61. The topological polar surface area (TPSA) is 60.8 Å². The number of rotatable bonds is 1. The molecule has 0 spiro atoms. The molecule has 4 heteroatoms. The van der Waals surface area contributed by atoms with E-state index in [-0.39, 0.29) is 6.04 Å². The summed E-state index contributed by atoms with van der Waals surface area (Å²) in [6, 6.07) is -0.238. The van der Waals surface area contributed by atoms with Gasteiger partial charge in [0, 0.05) is 6.54 Å². The van der Waals surface area contributed by atoms with E-state index < -0.39 is 11.7 Å². The number of nitrogens with zero attached hydrogens (tertiary/aromatic N) is 1. The Hall–Kier alpha value is -0.770. The molecule has 2 fully saturated rings. The molecule has 0 radical (unpaired) electrons. The number of aliphatic hydroxyl groups is 1. The Morgan fingerprint density at radius 3 is 2.54 bits per heavy atom. The van der Waals surface area contributed by atoms with Gasteiger partial charge in [-0.2, -0.15) is 0 Å². The Morgan fingerprint density at radius 2 is 2.15 bits per heavy atom. The minimum Gasteiger partial charge on any atom is -0.465 e. The molecule has 1 amide bonds. The van der Waals surface area contributed by atoms with Gasteiger partial charge >= 0.3 is 6.09 Å². The molecule has 74 valence electrons. The lowest BCUT2D eigenvalue weighted by Gasteiger charge is -2.29. The molecule has 0 aromatic heterocycles. The van der Waals surface area contributed by atoms with Gasteiger partial charge in [0.2, 0.25) is 0 Å². The summed E-state index contributed by atoms with van der Waals surface area (Å²) in [5.74, 6) is 0.340. The van der Waals surface area contributed by atoms with Crippen LogP contribution in [0.2, 0.25) is 0 Å². The monoisotopic (exact) mass is 185 g/mol. The second-order valence-corrected chi connectivity index (χ2v) is 4.17. The zero-order valence-corrected chi connectivity index (χ0v) is 7.73. The lowest BCUT2D eigenvalue weighted by molar-refractivity contribution is -0.00730. The van der Waals surface area contributed by atoms with E-state index in [9.17, 15) is 9.90 Å². The third-order valence-electron chi connectivity index (χ3n) is 3.47. The van der Waals surface area contributed by atoms with E-state index in [1.54, 1.807) is 6.92 Å². The first-order valence-electron chi connectivity index (χ1n) is 4.77. The number of amides is 1. The van der Waals surface area contributed by atoms with E-state index in [4.69, 9.17) is 5.11 Å². The molecule has 1 saturated carbocycles. The van der Waals surface area contributed by atoms with Crippen LogP contribution in [-0.4, -0.2) is 39.4 Å². The predicted octanol–water partition coefficient (Wildman–Crippen LogP) is 0.900. The van der Waals surface area contributed by atoms with Crippen LogP contribution in [0.3, 0.4) is 0 Å². The number of carboxylic acid groups (broad SMARTS) is 1. The van der Waals surface area contributed by atoms with Crippen LogP contribution >= 0.6 is 0 Å². The molecule has 1 heterocycles. The maximum Gasteiger partial charge on any atom is 0.407 e. The summed E-state index contributed by atoms with van der Waals surface area (Å²) in [5.41, 5.74) is -0.738. The Bertz CT molecular complexity index is 239. The molecular formula is C9H15NO3. The van der Waals surface area contributed by atoms with Gasteiger partial charge in [-0.1, -0.05) is 0 Å². The fourth-order valence-corrected chi connectivity index (χ4v) is 2.36. The van der Waals surface area contributed by atoms with Crippen molar-refractivity contribution in [1.82, 2.24) is 4.90 Å². The van der Waals surface area contributed by atoms with Crippen LogP contribution in [0, 0.1) is 5.92 Å². The van der Waals surface area contributed by atoms with Gasteiger partial charge in [-0.3, -0.25) is 0 Å². The average molecular weight is 185 g/mol. The normalized spacial score (nSPS) is 39.5. The Morgan fingerprint density at radius 1 is 1.54 bits per heavy atom. The first-order valence-corrected chi connectivity index (χ1v) is 4.77. The van der Waals surface area contributed by atoms with Gasteiger partial charge in [0.05, 0.1) is 11.6 Å². The lowest BCUT2D eigenvalue weighted by Crippen LogP contribution is -2.45. The largest absolute Gasteiger partial charge is 0.465 e. The first kappa shape index (κ1) is 8.81. The van der Waals surface area contributed by atoms with Crippen molar-refractivity contribution in [3.8, 4) is 0 Å². The minimum absolute atomic E-state index is 0.238. The third-order valence-corrected chi connectivity index (χ3v) is 3.47. The van der Waals surface area contributed by atoms with E-state index >= 15 is 0 Å². The zero-order chi connectivity index (χ0) is 9.64. The fraction of sp³-hybridized carbons (Fsp3) is 0.889. The Kier molecular flexibility index (Phi) is 1.77. The van der Waals surface area contributed by atoms with Crippen molar-refractivity contribution in [1.29, 1.82) is 0 Å². The maximum atomic E-state index is 10.8. The van der Waals surface area contributed by atoms with Crippen molar-refractivity contribution < 1.29 is 15.0 Å². The van der Waals surface area contributed by atoms with Gasteiger partial charge in [-0.25, -0.2) is 4.79 Å². The van der Waals surface area contributed by atoms with Crippen molar-refractivity contribution >= 4 is 6.09 Å². The number of carbonyl (C=O) groups is 1. The highest BCUT2D eigenvalue weighted by atomic mass is 16.4. The summed E-state index contributed by atoms with van der Waals surface area (Å²) in [5, 5.41) is 19.0. The molecule has 13 heavy (non-hydrogen) atoms. The predicted molar refractivity (Wildman–Crippen MR) is 46.5 cm³/mol. The molecule has 1 aliphatic heterocycles. The van der Waals surface area contributed by atoms with Gasteiger partial charge in [0.15, 0.2) is 0 Å². The highest BCUT2D eigenvalue weighted by Gasteiger charge is 2.53. The summed E-state index contributed by atoms with van der Waals surface area (Å²) >= 11 is 0. The molecule has 0 aromatic carbocycles. The number of hydrogen-bond acceptors (Lipinski definition) is 2. The standard InChI is InChI=1S/C9H15NO3/c1-6-9(13,7-2-3-7)4-5-10(6)8(11)12/h6-7,13H,2-5H2,1H3,(H,11,12)/t6-,9-/m0/s1. The van der Waals surface area contributed by atoms with E-state index in [0.29, 0.717) is 18.9 Å². The average Bonchev–Trinajstić information content (AvgIpc) is 2.82. The molecular weight excluding hydrogens is 170 g/mol. The first-order chi connectivity index (χ1) is 6.05. The summed E-state index contributed by atoms with van der Waals surface area (Å²) in [4.78, 5) is 12.1. The van der Waals surface area contributed by atoms with Crippen LogP contribution in [0.4, 0.5) is 4.79 Å². The van der Waals surface area contributed by atoms with Crippen molar-refractivity contribution in [2.24, 2.45) is 5.92 Å². The third kappa shape index (κ3) is 1.20. The van der Waals surface area contributed by atoms with Crippen LogP contribution in [0.15, 0.2) is 0 Å². The van der Waals surface area contributed by atoms with E-state index in [1.165, 1.54) is 4.90 Å². The van der Waals surface area contributed by atoms with Crippen LogP contribution < -0.4 is 0 Å². The smallest absolute Gasteiger partial charge is 0.407 e. The van der Waals surface area contributed by atoms with E-state index in [0.717, 1.165) is 12.8 Å². The molecule has 2 atom stereocenters. The molecule has 2 aliphatic rings.